The fourth-order valence-electron chi connectivity index (χ4n) is 2.62. The number of rotatable bonds is 5. The summed E-state index contributed by atoms with van der Waals surface area (Å²) in [6.45, 7) is 3.99. The number of Topliss-reactive ketones (excluding diaryl/α,β-unsaturated/α-hetero) is 1. The molecule has 17 heavy (non-hydrogen) atoms. The second-order valence-electron chi connectivity index (χ2n) is 5.09. The first kappa shape index (κ1) is 12.3. The van der Waals surface area contributed by atoms with Crippen molar-refractivity contribution in [1.82, 2.24) is 0 Å². The van der Waals surface area contributed by atoms with Crippen LogP contribution in [-0.2, 0) is 11.2 Å². The highest BCUT2D eigenvalue weighted by Gasteiger charge is 2.35. The van der Waals surface area contributed by atoms with E-state index in [1.54, 1.807) is 0 Å². The van der Waals surface area contributed by atoms with Crippen LogP contribution in [0.5, 0.6) is 0 Å². The van der Waals surface area contributed by atoms with Gasteiger partial charge in [0.25, 0.3) is 0 Å². The van der Waals surface area contributed by atoms with E-state index in [1.165, 1.54) is 11.1 Å². The summed E-state index contributed by atoms with van der Waals surface area (Å²) in [5, 5.41) is 0. The average Bonchev–Trinajstić information content (AvgIpc) is 2.34. The van der Waals surface area contributed by atoms with E-state index in [1.807, 2.05) is 19.9 Å². The first-order valence-corrected chi connectivity index (χ1v) is 6.50. The van der Waals surface area contributed by atoms with Gasteiger partial charge in [-0.1, -0.05) is 38.1 Å². The van der Waals surface area contributed by atoms with Crippen molar-refractivity contribution >= 4 is 5.78 Å². The van der Waals surface area contributed by atoms with Gasteiger partial charge in [0.2, 0.25) is 0 Å². The number of hydrogen-bond acceptors (Lipinski definition) is 2. The molecule has 0 radical (unpaired) electrons. The van der Waals surface area contributed by atoms with Crippen molar-refractivity contribution in [2.75, 3.05) is 0 Å². The van der Waals surface area contributed by atoms with Gasteiger partial charge in [-0.05, 0) is 36.3 Å². The SMILES string of the molecule is CCC(N)(CC)C(=O)CC1Cc2ccccc21. The lowest BCUT2D eigenvalue weighted by atomic mass is 9.72. The Hall–Kier alpha value is -1.15. The molecule has 0 spiro atoms. The number of fused-ring (bicyclic) bond motifs is 1. The molecule has 1 aromatic carbocycles. The second kappa shape index (κ2) is 4.61. The molecule has 2 N–H and O–H groups in total. The minimum atomic E-state index is -0.607. The predicted octanol–water partition coefficient (Wildman–Crippen LogP) is 2.80. The summed E-state index contributed by atoms with van der Waals surface area (Å²) in [4.78, 5) is 12.2. The maximum Gasteiger partial charge on any atom is 0.153 e. The first-order valence-electron chi connectivity index (χ1n) is 6.50. The number of benzene rings is 1. The highest BCUT2D eigenvalue weighted by molar-refractivity contribution is 5.89. The second-order valence-corrected chi connectivity index (χ2v) is 5.09. The highest BCUT2D eigenvalue weighted by Crippen LogP contribution is 2.38. The third kappa shape index (κ3) is 2.14. The molecule has 2 heteroatoms. The van der Waals surface area contributed by atoms with E-state index in [0.29, 0.717) is 12.3 Å². The summed E-state index contributed by atoms with van der Waals surface area (Å²) < 4.78 is 0. The molecule has 2 nitrogen and oxygen atoms in total. The van der Waals surface area contributed by atoms with Crippen molar-refractivity contribution in [1.29, 1.82) is 0 Å². The van der Waals surface area contributed by atoms with Crippen LogP contribution in [0, 0.1) is 0 Å². The van der Waals surface area contributed by atoms with Crippen LogP contribution in [0.1, 0.15) is 50.2 Å². The molecule has 1 aliphatic carbocycles. The molecule has 0 fully saturated rings. The maximum absolute atomic E-state index is 12.2. The van der Waals surface area contributed by atoms with Gasteiger partial charge < -0.3 is 5.73 Å². The smallest absolute Gasteiger partial charge is 0.153 e. The minimum Gasteiger partial charge on any atom is -0.319 e. The van der Waals surface area contributed by atoms with Gasteiger partial charge in [0, 0.05) is 6.42 Å². The standard InChI is InChI=1S/C15H21NO/c1-3-15(16,4-2)14(17)10-12-9-11-7-5-6-8-13(11)12/h5-8,12H,3-4,9-10,16H2,1-2H3. The number of carbonyl (C=O) groups excluding carboxylic acids is 1. The molecular formula is C15H21NO. The van der Waals surface area contributed by atoms with Crippen LogP contribution < -0.4 is 5.73 Å². The summed E-state index contributed by atoms with van der Waals surface area (Å²) in [5.74, 6) is 0.627. The summed E-state index contributed by atoms with van der Waals surface area (Å²) in [5.41, 5.74) is 8.26. The van der Waals surface area contributed by atoms with Crippen molar-refractivity contribution in [2.45, 2.75) is 51.0 Å². The van der Waals surface area contributed by atoms with Gasteiger partial charge in [-0.2, -0.15) is 0 Å². The molecule has 2 rings (SSSR count). The van der Waals surface area contributed by atoms with Gasteiger partial charge in [0.15, 0.2) is 5.78 Å². The lowest BCUT2D eigenvalue weighted by molar-refractivity contribution is -0.125. The van der Waals surface area contributed by atoms with Crippen molar-refractivity contribution < 1.29 is 4.79 Å². The quantitative estimate of drug-likeness (QED) is 0.846. The molecule has 1 aromatic rings. The Balaban J connectivity index is 2.03. The molecule has 0 saturated heterocycles. The first-order chi connectivity index (χ1) is 8.10. The third-order valence-corrected chi connectivity index (χ3v) is 4.21. The Morgan fingerprint density at radius 1 is 1.35 bits per heavy atom. The lowest BCUT2D eigenvalue weighted by Gasteiger charge is -2.33. The van der Waals surface area contributed by atoms with Crippen LogP contribution in [0.2, 0.25) is 0 Å². The lowest BCUT2D eigenvalue weighted by Crippen LogP contribution is -2.47. The van der Waals surface area contributed by atoms with E-state index >= 15 is 0 Å². The third-order valence-electron chi connectivity index (χ3n) is 4.21. The van der Waals surface area contributed by atoms with Crippen LogP contribution in [0.25, 0.3) is 0 Å². The number of carbonyl (C=O) groups is 1. The fraction of sp³-hybridized carbons (Fsp3) is 0.533. The number of ketones is 1. The van der Waals surface area contributed by atoms with E-state index in [2.05, 4.69) is 18.2 Å². The Labute approximate surface area is 103 Å². The van der Waals surface area contributed by atoms with Crippen LogP contribution in [0.15, 0.2) is 24.3 Å². The average molecular weight is 231 g/mol. The van der Waals surface area contributed by atoms with Crippen molar-refractivity contribution in [2.24, 2.45) is 5.73 Å². The van der Waals surface area contributed by atoms with Crippen molar-refractivity contribution in [3.8, 4) is 0 Å². The molecule has 1 atom stereocenters. The Morgan fingerprint density at radius 3 is 2.59 bits per heavy atom. The molecule has 92 valence electrons. The summed E-state index contributed by atoms with van der Waals surface area (Å²) in [6.07, 6.45) is 3.11. The zero-order valence-electron chi connectivity index (χ0n) is 10.7. The molecular weight excluding hydrogens is 210 g/mol. The summed E-state index contributed by atoms with van der Waals surface area (Å²) >= 11 is 0. The Kier molecular flexibility index (Phi) is 3.34. The highest BCUT2D eigenvalue weighted by atomic mass is 16.1. The minimum absolute atomic E-state index is 0.224. The van der Waals surface area contributed by atoms with Crippen LogP contribution in [0.4, 0.5) is 0 Å². The van der Waals surface area contributed by atoms with E-state index in [-0.39, 0.29) is 5.78 Å². The fourth-order valence-corrected chi connectivity index (χ4v) is 2.62. The number of nitrogens with two attached hydrogens (primary N) is 1. The molecule has 1 unspecified atom stereocenters. The predicted molar refractivity (Wildman–Crippen MR) is 70.0 cm³/mol. The van der Waals surface area contributed by atoms with Gasteiger partial charge in [-0.3, -0.25) is 4.79 Å². The normalized spacial score (nSPS) is 18.4. The zero-order chi connectivity index (χ0) is 12.5. The molecule has 1 aliphatic rings. The molecule has 0 amide bonds. The van der Waals surface area contributed by atoms with Gasteiger partial charge in [0.05, 0.1) is 5.54 Å². The molecule has 0 heterocycles. The van der Waals surface area contributed by atoms with Gasteiger partial charge in [0.1, 0.15) is 0 Å². The molecule has 0 aliphatic heterocycles. The van der Waals surface area contributed by atoms with E-state index < -0.39 is 5.54 Å². The van der Waals surface area contributed by atoms with Crippen molar-refractivity contribution in [3.05, 3.63) is 35.4 Å². The largest absolute Gasteiger partial charge is 0.319 e. The van der Waals surface area contributed by atoms with Gasteiger partial charge in [-0.25, -0.2) is 0 Å². The molecule has 0 saturated carbocycles. The van der Waals surface area contributed by atoms with Crippen LogP contribution >= 0.6 is 0 Å². The van der Waals surface area contributed by atoms with E-state index in [0.717, 1.165) is 19.3 Å². The zero-order valence-corrected chi connectivity index (χ0v) is 10.7. The number of hydrogen-bond donors (Lipinski definition) is 1. The van der Waals surface area contributed by atoms with E-state index in [9.17, 15) is 4.79 Å². The van der Waals surface area contributed by atoms with Crippen molar-refractivity contribution in [3.63, 3.8) is 0 Å². The maximum atomic E-state index is 12.2. The van der Waals surface area contributed by atoms with Gasteiger partial charge >= 0.3 is 0 Å². The van der Waals surface area contributed by atoms with E-state index in [4.69, 9.17) is 5.73 Å². The molecule has 0 bridgehead atoms. The Bertz CT molecular complexity index is 421. The Morgan fingerprint density at radius 2 is 2.00 bits per heavy atom. The van der Waals surface area contributed by atoms with Gasteiger partial charge in [-0.15, -0.1) is 0 Å². The van der Waals surface area contributed by atoms with Crippen LogP contribution in [-0.4, -0.2) is 11.3 Å². The summed E-state index contributed by atoms with van der Waals surface area (Å²) in [7, 11) is 0. The van der Waals surface area contributed by atoms with Crippen LogP contribution in [0.3, 0.4) is 0 Å². The molecule has 0 aromatic heterocycles. The summed E-state index contributed by atoms with van der Waals surface area (Å²) in [6, 6.07) is 8.38. The monoisotopic (exact) mass is 231 g/mol. The topological polar surface area (TPSA) is 43.1 Å².